The van der Waals surface area contributed by atoms with Crippen LogP contribution in [0.2, 0.25) is 0 Å². The van der Waals surface area contributed by atoms with E-state index in [0.29, 0.717) is 0 Å². The molecule has 1 saturated heterocycles. The highest BCUT2D eigenvalue weighted by Gasteiger charge is 2.26. The number of thioether (sulfide) groups is 1. The number of nitrogens with zero attached hydrogens (tertiary/aromatic N) is 2. The maximum Gasteiger partial charge on any atom is 0.157 e. The van der Waals surface area contributed by atoms with Gasteiger partial charge in [0.25, 0.3) is 0 Å². The fourth-order valence-corrected chi connectivity index (χ4v) is 3.04. The Balaban J connectivity index is 1.80. The van der Waals surface area contributed by atoms with Gasteiger partial charge in [-0.3, -0.25) is 4.99 Å². The Morgan fingerprint density at radius 1 is 1.60 bits per heavy atom. The molecule has 0 amide bonds. The van der Waals surface area contributed by atoms with Gasteiger partial charge in [0.2, 0.25) is 0 Å². The summed E-state index contributed by atoms with van der Waals surface area (Å²) in [5.41, 5.74) is 0.199. The molecule has 1 aromatic heterocycles. The molecule has 82 valence electrons. The van der Waals surface area contributed by atoms with Crippen molar-refractivity contribution in [2.24, 2.45) is 4.99 Å². The standard InChI is InChI=1S/C10H15N3S2/c1-10(2)7-15-9(13-10)12-4-3-8-11-5-6-14-8/h5-6H,3-4,7H2,1-2H3,(H,12,13). The van der Waals surface area contributed by atoms with Crippen LogP contribution >= 0.6 is 23.1 Å². The molecule has 0 atom stereocenters. The van der Waals surface area contributed by atoms with Crippen molar-refractivity contribution in [1.82, 2.24) is 10.3 Å². The van der Waals surface area contributed by atoms with Gasteiger partial charge < -0.3 is 5.32 Å². The van der Waals surface area contributed by atoms with Gasteiger partial charge in [0.05, 0.1) is 5.01 Å². The van der Waals surface area contributed by atoms with Crippen molar-refractivity contribution in [3.8, 4) is 0 Å². The summed E-state index contributed by atoms with van der Waals surface area (Å²) in [6.45, 7) is 5.23. The number of hydrogen-bond donors (Lipinski definition) is 1. The molecule has 1 fully saturated rings. The molecule has 0 aliphatic carbocycles. The third-order valence-corrected chi connectivity index (χ3v) is 4.29. The second kappa shape index (κ2) is 4.53. The van der Waals surface area contributed by atoms with Crippen molar-refractivity contribution in [2.75, 3.05) is 12.3 Å². The molecule has 0 spiro atoms. The molecule has 1 aromatic rings. The van der Waals surface area contributed by atoms with E-state index in [2.05, 4.69) is 29.1 Å². The highest BCUT2D eigenvalue weighted by molar-refractivity contribution is 8.14. The van der Waals surface area contributed by atoms with E-state index in [9.17, 15) is 0 Å². The lowest BCUT2D eigenvalue weighted by molar-refractivity contribution is 0.536. The van der Waals surface area contributed by atoms with Gasteiger partial charge in [-0.1, -0.05) is 11.8 Å². The number of thiazole rings is 1. The maximum absolute atomic E-state index is 4.53. The minimum atomic E-state index is 0.199. The highest BCUT2D eigenvalue weighted by Crippen LogP contribution is 2.21. The molecule has 1 N–H and O–H groups in total. The lowest BCUT2D eigenvalue weighted by Crippen LogP contribution is -2.36. The van der Waals surface area contributed by atoms with Crippen molar-refractivity contribution in [3.05, 3.63) is 16.6 Å². The fraction of sp³-hybridized carbons (Fsp3) is 0.600. The Morgan fingerprint density at radius 3 is 3.07 bits per heavy atom. The van der Waals surface area contributed by atoms with E-state index in [1.807, 2.05) is 23.3 Å². The number of nitrogens with one attached hydrogen (secondary N) is 1. The molecular formula is C10H15N3S2. The zero-order chi connectivity index (χ0) is 10.7. The van der Waals surface area contributed by atoms with E-state index in [0.717, 1.165) is 23.9 Å². The molecule has 5 heteroatoms. The first-order valence-corrected chi connectivity index (χ1v) is 6.86. The number of aliphatic imine (C=N–C) groups is 1. The summed E-state index contributed by atoms with van der Waals surface area (Å²) < 4.78 is 0. The average Bonchev–Trinajstić information content (AvgIpc) is 2.76. The van der Waals surface area contributed by atoms with E-state index >= 15 is 0 Å². The molecule has 0 radical (unpaired) electrons. The van der Waals surface area contributed by atoms with Crippen molar-refractivity contribution in [2.45, 2.75) is 25.8 Å². The molecule has 1 aliphatic rings. The van der Waals surface area contributed by atoms with Crippen molar-refractivity contribution in [1.29, 1.82) is 0 Å². The van der Waals surface area contributed by atoms with Crippen LogP contribution in [0.1, 0.15) is 18.9 Å². The SMILES string of the molecule is CC1(C)CSC(=NCCc2nccs2)N1. The van der Waals surface area contributed by atoms with Crippen LogP contribution in [-0.4, -0.2) is 28.0 Å². The van der Waals surface area contributed by atoms with Gasteiger partial charge in [-0.2, -0.15) is 0 Å². The summed E-state index contributed by atoms with van der Waals surface area (Å²) in [5, 5.41) is 7.66. The number of aromatic nitrogens is 1. The van der Waals surface area contributed by atoms with Gasteiger partial charge in [-0.15, -0.1) is 11.3 Å². The van der Waals surface area contributed by atoms with Gasteiger partial charge in [0.1, 0.15) is 0 Å². The Morgan fingerprint density at radius 2 is 2.47 bits per heavy atom. The van der Waals surface area contributed by atoms with Gasteiger partial charge in [0.15, 0.2) is 5.17 Å². The van der Waals surface area contributed by atoms with Crippen LogP contribution in [0, 0.1) is 0 Å². The largest absolute Gasteiger partial charge is 0.359 e. The van der Waals surface area contributed by atoms with Crippen LogP contribution in [0.15, 0.2) is 16.6 Å². The van der Waals surface area contributed by atoms with E-state index < -0.39 is 0 Å². The van der Waals surface area contributed by atoms with E-state index in [1.165, 1.54) is 5.01 Å². The summed E-state index contributed by atoms with van der Waals surface area (Å²) >= 11 is 3.51. The normalized spacial score (nSPS) is 21.9. The summed E-state index contributed by atoms with van der Waals surface area (Å²) in [6.07, 6.45) is 2.79. The average molecular weight is 241 g/mol. The molecule has 15 heavy (non-hydrogen) atoms. The van der Waals surface area contributed by atoms with Crippen LogP contribution in [0.3, 0.4) is 0 Å². The van der Waals surface area contributed by atoms with Crippen LogP contribution in [0.4, 0.5) is 0 Å². The molecule has 2 rings (SSSR count). The van der Waals surface area contributed by atoms with Gasteiger partial charge >= 0.3 is 0 Å². The van der Waals surface area contributed by atoms with Gasteiger partial charge in [-0.05, 0) is 13.8 Å². The smallest absolute Gasteiger partial charge is 0.157 e. The van der Waals surface area contributed by atoms with Gasteiger partial charge in [0, 0.05) is 35.8 Å². The molecule has 0 bridgehead atoms. The molecule has 0 saturated carbocycles. The first-order valence-electron chi connectivity index (χ1n) is 4.99. The number of amidine groups is 1. The Bertz CT molecular complexity index is 344. The first kappa shape index (κ1) is 11.0. The molecule has 3 nitrogen and oxygen atoms in total. The summed E-state index contributed by atoms with van der Waals surface area (Å²) in [7, 11) is 0. The monoisotopic (exact) mass is 241 g/mol. The number of hydrogen-bond acceptors (Lipinski definition) is 4. The summed E-state index contributed by atoms with van der Waals surface area (Å²) in [4.78, 5) is 8.76. The minimum absolute atomic E-state index is 0.199. The molecular weight excluding hydrogens is 226 g/mol. The van der Waals surface area contributed by atoms with E-state index in [4.69, 9.17) is 0 Å². The van der Waals surface area contributed by atoms with Gasteiger partial charge in [-0.25, -0.2) is 4.98 Å². The van der Waals surface area contributed by atoms with Crippen LogP contribution < -0.4 is 5.32 Å². The Hall–Kier alpha value is -0.550. The van der Waals surface area contributed by atoms with Crippen molar-refractivity contribution in [3.63, 3.8) is 0 Å². The van der Waals surface area contributed by atoms with Crippen LogP contribution in [-0.2, 0) is 6.42 Å². The topological polar surface area (TPSA) is 37.3 Å². The van der Waals surface area contributed by atoms with Crippen molar-refractivity contribution >= 4 is 28.3 Å². The quantitative estimate of drug-likeness (QED) is 0.881. The zero-order valence-corrected chi connectivity index (χ0v) is 10.6. The predicted molar refractivity (Wildman–Crippen MR) is 67.8 cm³/mol. The fourth-order valence-electron chi connectivity index (χ4n) is 1.33. The molecule has 0 aromatic carbocycles. The summed E-state index contributed by atoms with van der Waals surface area (Å²) in [5.74, 6) is 1.10. The highest BCUT2D eigenvalue weighted by atomic mass is 32.2. The number of rotatable bonds is 3. The summed E-state index contributed by atoms with van der Waals surface area (Å²) in [6, 6.07) is 0. The Kier molecular flexibility index (Phi) is 3.31. The minimum Gasteiger partial charge on any atom is -0.359 e. The molecule has 0 unspecified atom stereocenters. The first-order chi connectivity index (χ1) is 7.16. The lowest BCUT2D eigenvalue weighted by Gasteiger charge is -2.15. The van der Waals surface area contributed by atoms with Crippen molar-refractivity contribution < 1.29 is 0 Å². The Labute approximate surface area is 98.4 Å². The molecule has 1 aliphatic heterocycles. The lowest BCUT2D eigenvalue weighted by atomic mass is 10.1. The van der Waals surface area contributed by atoms with Crippen LogP contribution in [0.5, 0.6) is 0 Å². The maximum atomic E-state index is 4.53. The van der Waals surface area contributed by atoms with E-state index in [-0.39, 0.29) is 5.54 Å². The van der Waals surface area contributed by atoms with E-state index in [1.54, 1.807) is 11.3 Å². The second-order valence-corrected chi connectivity index (χ2v) is 6.10. The van der Waals surface area contributed by atoms with Crippen LogP contribution in [0.25, 0.3) is 0 Å². The predicted octanol–water partition coefficient (Wildman–Crippen LogP) is 2.16. The third-order valence-electron chi connectivity index (χ3n) is 2.08. The molecule has 2 heterocycles. The second-order valence-electron chi connectivity index (χ2n) is 4.16. The third kappa shape index (κ3) is 3.21. The zero-order valence-electron chi connectivity index (χ0n) is 8.99.